The van der Waals surface area contributed by atoms with Crippen LogP contribution in [0.2, 0.25) is 0 Å². The summed E-state index contributed by atoms with van der Waals surface area (Å²) < 4.78 is 1.79. The van der Waals surface area contributed by atoms with Gasteiger partial charge in [0.05, 0.1) is 6.42 Å². The van der Waals surface area contributed by atoms with E-state index in [1.165, 1.54) is 5.56 Å². The zero-order chi connectivity index (χ0) is 19.3. The first-order valence-electron chi connectivity index (χ1n) is 9.84. The monoisotopic (exact) mass is 376 g/mol. The molecule has 7 heteroatoms. The number of aryl methyl sites for hydroxylation is 2. The molecule has 7 nitrogen and oxygen atoms in total. The first-order valence-corrected chi connectivity index (χ1v) is 9.84. The van der Waals surface area contributed by atoms with Crippen molar-refractivity contribution in [3.8, 4) is 0 Å². The van der Waals surface area contributed by atoms with Crippen molar-refractivity contribution in [2.24, 2.45) is 11.8 Å². The number of fused-ring (bicyclic) bond motifs is 2. The molecule has 1 amide bonds. The summed E-state index contributed by atoms with van der Waals surface area (Å²) in [5.41, 5.74) is 3.08. The van der Waals surface area contributed by atoms with Gasteiger partial charge in [-0.2, -0.15) is 4.52 Å². The molecule has 144 valence electrons. The number of rotatable bonds is 3. The molecule has 2 atom stereocenters. The first-order chi connectivity index (χ1) is 13.6. The van der Waals surface area contributed by atoms with Gasteiger partial charge in [0.2, 0.25) is 5.91 Å². The molecular weight excluding hydrogens is 352 g/mol. The first kappa shape index (κ1) is 17.2. The minimum Gasteiger partial charge on any atom is -0.354 e. The van der Waals surface area contributed by atoms with E-state index in [1.54, 1.807) is 4.52 Å². The van der Waals surface area contributed by atoms with Crippen molar-refractivity contribution >= 4 is 17.4 Å². The number of aromatic nitrogens is 4. The van der Waals surface area contributed by atoms with Crippen LogP contribution in [0.3, 0.4) is 0 Å². The van der Waals surface area contributed by atoms with E-state index in [-0.39, 0.29) is 5.91 Å². The average Bonchev–Trinajstić information content (AvgIpc) is 3.35. The average molecular weight is 376 g/mol. The van der Waals surface area contributed by atoms with Gasteiger partial charge in [0.1, 0.15) is 5.82 Å². The quantitative estimate of drug-likeness (QED) is 0.698. The smallest absolute Gasteiger partial charge is 0.227 e. The molecule has 28 heavy (non-hydrogen) atoms. The van der Waals surface area contributed by atoms with Gasteiger partial charge in [0.15, 0.2) is 11.5 Å². The normalized spacial score (nSPS) is 21.5. The van der Waals surface area contributed by atoms with Gasteiger partial charge in [-0.1, -0.05) is 29.8 Å². The highest BCUT2D eigenvalue weighted by Crippen LogP contribution is 2.33. The largest absolute Gasteiger partial charge is 0.354 e. The van der Waals surface area contributed by atoms with Crippen LogP contribution in [0.1, 0.15) is 17.0 Å². The Hall–Kier alpha value is -2.96. The van der Waals surface area contributed by atoms with Crippen molar-refractivity contribution in [2.75, 3.05) is 31.1 Å². The van der Waals surface area contributed by atoms with Gasteiger partial charge in [0.25, 0.3) is 0 Å². The van der Waals surface area contributed by atoms with Crippen LogP contribution < -0.4 is 4.90 Å². The SMILES string of the molecule is Cc1cccc(CC(=O)N2CC3CN(c4ccc5nnc(C)n5n4)CC3C2)c1. The number of carbonyl (C=O) groups excluding carboxylic acids is 1. The molecule has 2 aliphatic rings. The summed E-state index contributed by atoms with van der Waals surface area (Å²) in [4.78, 5) is 17.1. The van der Waals surface area contributed by atoms with Crippen LogP contribution in [0.4, 0.5) is 5.82 Å². The molecule has 0 spiro atoms. The predicted molar refractivity (Wildman–Crippen MR) is 106 cm³/mol. The second-order valence-electron chi connectivity index (χ2n) is 8.10. The van der Waals surface area contributed by atoms with Crippen LogP contribution >= 0.6 is 0 Å². The summed E-state index contributed by atoms with van der Waals surface area (Å²) in [6.07, 6.45) is 0.496. The van der Waals surface area contributed by atoms with E-state index >= 15 is 0 Å². The number of anilines is 1. The van der Waals surface area contributed by atoms with Crippen LogP contribution in [-0.4, -0.2) is 56.8 Å². The van der Waals surface area contributed by atoms with Crippen molar-refractivity contribution in [3.63, 3.8) is 0 Å². The van der Waals surface area contributed by atoms with E-state index in [0.29, 0.717) is 18.3 Å². The third kappa shape index (κ3) is 3.00. The molecule has 0 aliphatic carbocycles. The molecule has 1 aromatic carbocycles. The number of hydrogen-bond donors (Lipinski definition) is 0. The maximum Gasteiger partial charge on any atom is 0.227 e. The molecule has 0 radical (unpaired) electrons. The van der Waals surface area contributed by atoms with Crippen molar-refractivity contribution < 1.29 is 4.79 Å². The van der Waals surface area contributed by atoms with Crippen LogP contribution in [0, 0.1) is 25.7 Å². The number of nitrogens with zero attached hydrogens (tertiary/aromatic N) is 6. The minimum atomic E-state index is 0.242. The lowest BCUT2D eigenvalue weighted by Gasteiger charge is -2.22. The number of likely N-dealkylation sites (tertiary alicyclic amines) is 1. The summed E-state index contributed by atoms with van der Waals surface area (Å²) in [5.74, 6) is 3.03. The van der Waals surface area contributed by atoms with Crippen LogP contribution in [0.25, 0.3) is 5.65 Å². The highest BCUT2D eigenvalue weighted by Gasteiger charge is 2.41. The van der Waals surface area contributed by atoms with Crippen LogP contribution in [0.15, 0.2) is 36.4 Å². The van der Waals surface area contributed by atoms with Crippen molar-refractivity contribution in [2.45, 2.75) is 20.3 Å². The lowest BCUT2D eigenvalue weighted by atomic mass is 10.0. The Labute approximate surface area is 164 Å². The van der Waals surface area contributed by atoms with Gasteiger partial charge in [0, 0.05) is 38.0 Å². The van der Waals surface area contributed by atoms with E-state index < -0.39 is 0 Å². The Bertz CT molecular complexity index is 1030. The molecule has 2 aliphatic heterocycles. The fourth-order valence-electron chi connectivity index (χ4n) is 4.55. The fraction of sp³-hybridized carbons (Fsp3) is 0.429. The standard InChI is InChI=1S/C21H24N6O/c1-14-4-3-5-16(8-14)9-21(28)26-12-17-10-25(11-18(17)13-26)20-7-6-19-23-22-15(2)27(19)24-20/h3-8,17-18H,9-13H2,1-2H3. The van der Waals surface area contributed by atoms with Crippen LogP contribution in [-0.2, 0) is 11.2 Å². The van der Waals surface area contributed by atoms with E-state index in [0.717, 1.165) is 49.0 Å². The topological polar surface area (TPSA) is 66.6 Å². The summed E-state index contributed by atoms with van der Waals surface area (Å²) >= 11 is 0. The number of benzene rings is 1. The van der Waals surface area contributed by atoms with Gasteiger partial charge < -0.3 is 9.80 Å². The lowest BCUT2D eigenvalue weighted by molar-refractivity contribution is -0.129. The van der Waals surface area contributed by atoms with Crippen LogP contribution in [0.5, 0.6) is 0 Å². The van der Waals surface area contributed by atoms with E-state index in [4.69, 9.17) is 5.10 Å². The predicted octanol–water partition coefficient (Wildman–Crippen LogP) is 1.88. The van der Waals surface area contributed by atoms with Crippen molar-refractivity contribution in [1.29, 1.82) is 0 Å². The third-order valence-corrected chi connectivity index (χ3v) is 6.01. The zero-order valence-corrected chi connectivity index (χ0v) is 16.2. The molecule has 5 rings (SSSR count). The Balaban J connectivity index is 1.24. The second-order valence-corrected chi connectivity index (χ2v) is 8.10. The number of hydrogen-bond acceptors (Lipinski definition) is 5. The number of carbonyl (C=O) groups is 1. The summed E-state index contributed by atoms with van der Waals surface area (Å²) in [7, 11) is 0. The van der Waals surface area contributed by atoms with E-state index in [2.05, 4.69) is 39.1 Å². The van der Waals surface area contributed by atoms with E-state index in [9.17, 15) is 4.79 Å². The molecule has 0 saturated carbocycles. The van der Waals surface area contributed by atoms with Gasteiger partial charge in [-0.3, -0.25) is 4.79 Å². The highest BCUT2D eigenvalue weighted by atomic mass is 16.2. The molecular formula is C21H24N6O. The van der Waals surface area contributed by atoms with E-state index in [1.807, 2.05) is 31.2 Å². The van der Waals surface area contributed by atoms with Gasteiger partial charge in [-0.15, -0.1) is 15.3 Å². The van der Waals surface area contributed by atoms with Gasteiger partial charge in [-0.25, -0.2) is 0 Å². The summed E-state index contributed by atoms with van der Waals surface area (Å²) in [6, 6.07) is 12.2. The lowest BCUT2D eigenvalue weighted by Crippen LogP contribution is -2.34. The Morgan fingerprint density at radius 1 is 1.04 bits per heavy atom. The minimum absolute atomic E-state index is 0.242. The molecule has 2 aromatic heterocycles. The Morgan fingerprint density at radius 3 is 2.57 bits per heavy atom. The third-order valence-electron chi connectivity index (χ3n) is 6.01. The second kappa shape index (κ2) is 6.58. The Morgan fingerprint density at radius 2 is 1.82 bits per heavy atom. The van der Waals surface area contributed by atoms with Gasteiger partial charge >= 0.3 is 0 Å². The zero-order valence-electron chi connectivity index (χ0n) is 16.2. The molecule has 3 aromatic rings. The molecule has 4 heterocycles. The molecule has 0 bridgehead atoms. The fourth-order valence-corrected chi connectivity index (χ4v) is 4.55. The van der Waals surface area contributed by atoms with Gasteiger partial charge in [-0.05, 0) is 31.5 Å². The van der Waals surface area contributed by atoms with Crippen molar-refractivity contribution in [3.05, 3.63) is 53.3 Å². The number of amides is 1. The Kier molecular flexibility index (Phi) is 4.03. The highest BCUT2D eigenvalue weighted by molar-refractivity contribution is 5.79. The molecule has 2 unspecified atom stereocenters. The van der Waals surface area contributed by atoms with Crippen molar-refractivity contribution in [1.82, 2.24) is 24.7 Å². The maximum absolute atomic E-state index is 12.7. The maximum atomic E-state index is 12.7. The molecule has 2 saturated heterocycles. The molecule has 2 fully saturated rings. The summed E-state index contributed by atoms with van der Waals surface area (Å²) in [5, 5.41) is 12.9. The summed E-state index contributed by atoms with van der Waals surface area (Å²) in [6.45, 7) is 7.55. The molecule has 0 N–H and O–H groups in total.